The zero-order valence-electron chi connectivity index (χ0n) is 12.8. The monoisotopic (exact) mass is 353 g/mol. The molecule has 3 rings (SSSR count). The summed E-state index contributed by atoms with van der Waals surface area (Å²) in [5, 5.41) is 3.90. The SMILES string of the molecule is O=C(CSc1nc2ccccc2s1)N/N=C\C=C\c1ccccc1. The number of carbonyl (C=O) groups excluding carboxylic acids is 1. The Hall–Kier alpha value is -2.44. The van der Waals surface area contributed by atoms with Gasteiger partial charge in [0.2, 0.25) is 0 Å². The van der Waals surface area contributed by atoms with E-state index in [1.807, 2.05) is 60.7 Å². The fourth-order valence-electron chi connectivity index (χ4n) is 1.94. The van der Waals surface area contributed by atoms with Gasteiger partial charge in [0.05, 0.1) is 16.0 Å². The zero-order chi connectivity index (χ0) is 16.6. The van der Waals surface area contributed by atoms with Gasteiger partial charge in [-0.2, -0.15) is 5.10 Å². The van der Waals surface area contributed by atoms with Crippen molar-refractivity contribution in [3.05, 3.63) is 66.2 Å². The van der Waals surface area contributed by atoms with E-state index in [2.05, 4.69) is 15.5 Å². The largest absolute Gasteiger partial charge is 0.272 e. The molecule has 0 aliphatic rings. The minimum Gasteiger partial charge on any atom is -0.272 e. The summed E-state index contributed by atoms with van der Waals surface area (Å²) in [5.74, 6) is 0.142. The number of para-hydroxylation sites is 1. The van der Waals surface area contributed by atoms with Gasteiger partial charge in [-0.05, 0) is 23.8 Å². The van der Waals surface area contributed by atoms with E-state index < -0.39 is 0 Å². The van der Waals surface area contributed by atoms with E-state index in [1.165, 1.54) is 11.8 Å². The van der Waals surface area contributed by atoms with Crippen LogP contribution in [0.2, 0.25) is 0 Å². The van der Waals surface area contributed by atoms with Crippen molar-refractivity contribution in [3.8, 4) is 0 Å². The molecule has 0 spiro atoms. The first-order valence-corrected chi connectivity index (χ1v) is 9.13. The molecule has 4 nitrogen and oxygen atoms in total. The van der Waals surface area contributed by atoms with Crippen LogP contribution in [0.4, 0.5) is 0 Å². The van der Waals surface area contributed by atoms with Crippen LogP contribution in [-0.2, 0) is 4.79 Å². The third-order valence-corrected chi connectivity index (χ3v) is 5.22. The van der Waals surface area contributed by atoms with E-state index in [1.54, 1.807) is 23.6 Å². The average Bonchev–Trinajstić information content (AvgIpc) is 3.03. The Labute approximate surface area is 148 Å². The van der Waals surface area contributed by atoms with Crippen LogP contribution in [0.15, 0.2) is 70.1 Å². The number of benzene rings is 2. The lowest BCUT2D eigenvalue weighted by atomic mass is 10.2. The van der Waals surface area contributed by atoms with Crippen molar-refractivity contribution in [1.29, 1.82) is 0 Å². The minimum atomic E-state index is -0.149. The van der Waals surface area contributed by atoms with Gasteiger partial charge in [0.25, 0.3) is 5.91 Å². The Morgan fingerprint density at radius 2 is 1.96 bits per heavy atom. The number of thioether (sulfide) groups is 1. The highest BCUT2D eigenvalue weighted by Gasteiger charge is 2.06. The van der Waals surface area contributed by atoms with E-state index in [0.717, 1.165) is 20.1 Å². The summed E-state index contributed by atoms with van der Waals surface area (Å²) in [6.45, 7) is 0. The number of fused-ring (bicyclic) bond motifs is 1. The molecule has 0 fully saturated rings. The number of nitrogens with zero attached hydrogens (tertiary/aromatic N) is 2. The number of hydrogen-bond donors (Lipinski definition) is 1. The van der Waals surface area contributed by atoms with Crippen molar-refractivity contribution in [3.63, 3.8) is 0 Å². The van der Waals surface area contributed by atoms with Crippen LogP contribution in [0.3, 0.4) is 0 Å². The molecule has 1 N–H and O–H groups in total. The van der Waals surface area contributed by atoms with E-state index in [0.29, 0.717) is 5.75 Å². The molecule has 2 aromatic carbocycles. The molecule has 24 heavy (non-hydrogen) atoms. The van der Waals surface area contributed by atoms with Crippen molar-refractivity contribution in [2.75, 3.05) is 5.75 Å². The molecule has 0 saturated carbocycles. The second-order valence-electron chi connectivity index (χ2n) is 4.82. The van der Waals surface area contributed by atoms with Gasteiger partial charge in [0, 0.05) is 6.21 Å². The first-order valence-electron chi connectivity index (χ1n) is 7.33. The molecule has 0 radical (unpaired) electrons. The highest BCUT2D eigenvalue weighted by molar-refractivity contribution is 8.01. The Morgan fingerprint density at radius 1 is 1.17 bits per heavy atom. The van der Waals surface area contributed by atoms with E-state index in [-0.39, 0.29) is 5.91 Å². The predicted molar refractivity (Wildman–Crippen MR) is 102 cm³/mol. The summed E-state index contributed by atoms with van der Waals surface area (Å²) < 4.78 is 2.02. The molecule has 0 aliphatic heterocycles. The summed E-state index contributed by atoms with van der Waals surface area (Å²) >= 11 is 3.01. The van der Waals surface area contributed by atoms with E-state index in [9.17, 15) is 4.79 Å². The molecule has 120 valence electrons. The lowest BCUT2D eigenvalue weighted by Gasteiger charge is -1.96. The summed E-state index contributed by atoms with van der Waals surface area (Å²) in [7, 11) is 0. The van der Waals surface area contributed by atoms with Gasteiger partial charge < -0.3 is 0 Å². The van der Waals surface area contributed by atoms with Crippen molar-refractivity contribution >= 4 is 51.5 Å². The lowest BCUT2D eigenvalue weighted by molar-refractivity contribution is -0.118. The van der Waals surface area contributed by atoms with E-state index >= 15 is 0 Å². The number of nitrogens with one attached hydrogen (secondary N) is 1. The summed E-state index contributed by atoms with van der Waals surface area (Å²) in [5.41, 5.74) is 4.56. The minimum absolute atomic E-state index is 0.149. The quantitative estimate of drug-likeness (QED) is 0.410. The molecular weight excluding hydrogens is 338 g/mol. The third kappa shape index (κ3) is 4.78. The molecule has 1 aromatic heterocycles. The summed E-state index contributed by atoms with van der Waals surface area (Å²) in [6.07, 6.45) is 5.27. The molecule has 0 saturated heterocycles. The maximum Gasteiger partial charge on any atom is 0.250 e. The van der Waals surface area contributed by atoms with Crippen molar-refractivity contribution in [2.24, 2.45) is 5.10 Å². The van der Waals surface area contributed by atoms with Gasteiger partial charge in [0.15, 0.2) is 4.34 Å². The second-order valence-corrected chi connectivity index (χ2v) is 7.07. The second kappa shape index (κ2) is 8.42. The van der Waals surface area contributed by atoms with Crippen LogP contribution in [0.25, 0.3) is 16.3 Å². The first kappa shape index (κ1) is 16.4. The van der Waals surface area contributed by atoms with Crippen LogP contribution >= 0.6 is 23.1 Å². The lowest BCUT2D eigenvalue weighted by Crippen LogP contribution is -2.19. The van der Waals surface area contributed by atoms with E-state index in [4.69, 9.17) is 0 Å². The topological polar surface area (TPSA) is 54.4 Å². The molecule has 0 atom stereocenters. The van der Waals surface area contributed by atoms with Gasteiger partial charge in [-0.3, -0.25) is 4.79 Å². The summed E-state index contributed by atoms with van der Waals surface area (Å²) in [6, 6.07) is 17.8. The number of carbonyl (C=O) groups is 1. The van der Waals surface area contributed by atoms with Crippen molar-refractivity contribution < 1.29 is 4.79 Å². The van der Waals surface area contributed by atoms with Crippen LogP contribution < -0.4 is 5.43 Å². The predicted octanol–water partition coefficient (Wildman–Crippen LogP) is 4.20. The molecule has 1 heterocycles. The Morgan fingerprint density at radius 3 is 2.79 bits per heavy atom. The van der Waals surface area contributed by atoms with Crippen LogP contribution in [0, 0.1) is 0 Å². The first-order chi connectivity index (χ1) is 11.8. The molecule has 6 heteroatoms. The Kier molecular flexibility index (Phi) is 5.76. The highest BCUT2D eigenvalue weighted by atomic mass is 32.2. The maximum absolute atomic E-state index is 11.8. The van der Waals surface area contributed by atoms with Gasteiger partial charge in [-0.15, -0.1) is 11.3 Å². The summed E-state index contributed by atoms with van der Waals surface area (Å²) in [4.78, 5) is 16.3. The number of thiazole rings is 1. The fraction of sp³-hybridized carbons (Fsp3) is 0.0556. The number of allylic oxidation sites excluding steroid dienone is 1. The molecule has 0 bridgehead atoms. The maximum atomic E-state index is 11.8. The molecule has 1 amide bonds. The Balaban J connectivity index is 1.44. The molecule has 0 unspecified atom stereocenters. The Bertz CT molecular complexity index is 839. The van der Waals surface area contributed by atoms with Crippen LogP contribution in [-0.4, -0.2) is 22.9 Å². The molecule has 0 aliphatic carbocycles. The number of hydrogen-bond acceptors (Lipinski definition) is 5. The van der Waals surface area contributed by atoms with Gasteiger partial charge >= 0.3 is 0 Å². The highest BCUT2D eigenvalue weighted by Crippen LogP contribution is 2.28. The zero-order valence-corrected chi connectivity index (χ0v) is 14.4. The van der Waals surface area contributed by atoms with Gasteiger partial charge in [0.1, 0.15) is 0 Å². The normalized spacial score (nSPS) is 11.5. The smallest absolute Gasteiger partial charge is 0.250 e. The van der Waals surface area contributed by atoms with Crippen LogP contribution in [0.5, 0.6) is 0 Å². The van der Waals surface area contributed by atoms with Crippen LogP contribution in [0.1, 0.15) is 5.56 Å². The average molecular weight is 353 g/mol. The number of amides is 1. The molecular formula is C18H15N3OS2. The number of rotatable bonds is 6. The third-order valence-electron chi connectivity index (χ3n) is 3.04. The van der Waals surface area contributed by atoms with Gasteiger partial charge in [-0.25, -0.2) is 10.4 Å². The van der Waals surface area contributed by atoms with Gasteiger partial charge in [-0.1, -0.05) is 60.3 Å². The number of aromatic nitrogens is 1. The number of hydrazone groups is 1. The van der Waals surface area contributed by atoms with Crippen molar-refractivity contribution in [2.45, 2.75) is 4.34 Å². The van der Waals surface area contributed by atoms with Crippen molar-refractivity contribution in [1.82, 2.24) is 10.4 Å². The standard InChI is InChI=1S/C18H15N3OS2/c22-17(21-19-12-6-9-14-7-2-1-3-8-14)13-23-18-20-15-10-4-5-11-16(15)24-18/h1-12H,13H2,(H,21,22)/b9-6+,19-12-. The fourth-order valence-corrected chi connectivity index (χ4v) is 3.80. The molecule has 3 aromatic rings.